The highest BCUT2D eigenvalue weighted by atomic mass is 16.6. The zero-order chi connectivity index (χ0) is 9.68. The van der Waals surface area contributed by atoms with E-state index in [1.165, 1.54) is 0 Å². The number of hydrogen-bond donors (Lipinski definition) is 1. The van der Waals surface area contributed by atoms with E-state index in [0.717, 1.165) is 6.20 Å². The van der Waals surface area contributed by atoms with Crippen LogP contribution in [0.25, 0.3) is 10.4 Å². The molecule has 0 aliphatic carbocycles. The second kappa shape index (κ2) is 4.07. The second-order valence-electron chi connectivity index (χ2n) is 2.20. The molecule has 0 aromatic carbocycles. The Bertz CT molecular complexity index is 352. The van der Waals surface area contributed by atoms with Crippen LogP contribution in [0.5, 0.6) is 0 Å². The number of aromatic nitrogens is 2. The SMILES string of the molecule is [N-]=[N+]=NCCc1[nH]ncc1[N+](=O)[O-]. The molecule has 8 nitrogen and oxygen atoms in total. The third-order valence-corrected chi connectivity index (χ3v) is 1.42. The summed E-state index contributed by atoms with van der Waals surface area (Å²) in [5.41, 5.74) is 8.27. The first-order chi connectivity index (χ1) is 6.25. The third kappa shape index (κ3) is 2.17. The fraction of sp³-hybridized carbons (Fsp3) is 0.400. The molecule has 1 heterocycles. The van der Waals surface area contributed by atoms with Gasteiger partial charge in [0.15, 0.2) is 0 Å². The van der Waals surface area contributed by atoms with Crippen molar-refractivity contribution in [3.8, 4) is 0 Å². The van der Waals surface area contributed by atoms with Crippen LogP contribution in [-0.4, -0.2) is 21.7 Å². The number of H-pyrrole nitrogens is 1. The molecule has 0 fully saturated rings. The number of hydrogen-bond acceptors (Lipinski definition) is 4. The zero-order valence-electron chi connectivity index (χ0n) is 6.54. The van der Waals surface area contributed by atoms with Gasteiger partial charge in [0.2, 0.25) is 0 Å². The van der Waals surface area contributed by atoms with Crippen LogP contribution in [-0.2, 0) is 6.42 Å². The molecular weight excluding hydrogens is 176 g/mol. The minimum absolute atomic E-state index is 0.0758. The number of nitrogens with zero attached hydrogens (tertiary/aromatic N) is 5. The fourth-order valence-corrected chi connectivity index (χ4v) is 0.854. The number of nitrogens with one attached hydrogen (secondary N) is 1. The largest absolute Gasteiger partial charge is 0.309 e. The van der Waals surface area contributed by atoms with Crippen molar-refractivity contribution in [3.63, 3.8) is 0 Å². The number of nitro groups is 1. The normalized spacial score (nSPS) is 9.23. The number of azide groups is 1. The molecule has 13 heavy (non-hydrogen) atoms. The lowest BCUT2D eigenvalue weighted by Gasteiger charge is -1.91. The van der Waals surface area contributed by atoms with Gasteiger partial charge >= 0.3 is 5.69 Å². The van der Waals surface area contributed by atoms with E-state index < -0.39 is 4.92 Å². The molecule has 0 radical (unpaired) electrons. The van der Waals surface area contributed by atoms with Gasteiger partial charge in [0.1, 0.15) is 11.9 Å². The van der Waals surface area contributed by atoms with E-state index in [9.17, 15) is 10.1 Å². The Morgan fingerprint density at radius 1 is 1.85 bits per heavy atom. The highest BCUT2D eigenvalue weighted by Gasteiger charge is 2.14. The third-order valence-electron chi connectivity index (χ3n) is 1.42. The lowest BCUT2D eigenvalue weighted by atomic mass is 10.3. The molecule has 1 N–H and O–H groups in total. The van der Waals surface area contributed by atoms with Gasteiger partial charge in [-0.1, -0.05) is 5.11 Å². The van der Waals surface area contributed by atoms with Gasteiger partial charge in [-0.25, -0.2) is 0 Å². The summed E-state index contributed by atoms with van der Waals surface area (Å²) in [6.07, 6.45) is 1.42. The molecule has 0 spiro atoms. The van der Waals surface area contributed by atoms with Gasteiger partial charge in [-0.05, 0) is 5.53 Å². The summed E-state index contributed by atoms with van der Waals surface area (Å²) in [7, 11) is 0. The number of aromatic amines is 1. The standard InChI is InChI=1S/C5H6N6O2/c6-10-7-2-1-4-5(11(12)13)3-8-9-4/h3H,1-2H2,(H,8,9). The van der Waals surface area contributed by atoms with Crippen molar-refractivity contribution in [1.29, 1.82) is 0 Å². The Morgan fingerprint density at radius 3 is 3.23 bits per heavy atom. The van der Waals surface area contributed by atoms with Crippen LogP contribution in [0.3, 0.4) is 0 Å². The van der Waals surface area contributed by atoms with Crippen LogP contribution >= 0.6 is 0 Å². The van der Waals surface area contributed by atoms with Gasteiger partial charge in [0.05, 0.1) is 4.92 Å². The first-order valence-corrected chi connectivity index (χ1v) is 3.43. The molecule has 1 aromatic rings. The molecule has 0 amide bonds. The Balaban J connectivity index is 2.70. The maximum atomic E-state index is 10.4. The maximum Gasteiger partial charge on any atom is 0.309 e. The Morgan fingerprint density at radius 2 is 2.62 bits per heavy atom. The Hall–Kier alpha value is -2.08. The van der Waals surface area contributed by atoms with Gasteiger partial charge in [-0.2, -0.15) is 5.10 Å². The molecular formula is C5H6N6O2. The summed E-state index contributed by atoms with van der Waals surface area (Å²) in [6, 6.07) is 0. The molecule has 0 bridgehead atoms. The van der Waals surface area contributed by atoms with E-state index in [0.29, 0.717) is 12.1 Å². The molecule has 0 aliphatic heterocycles. The molecule has 68 valence electrons. The number of rotatable bonds is 4. The van der Waals surface area contributed by atoms with Gasteiger partial charge in [0.25, 0.3) is 0 Å². The van der Waals surface area contributed by atoms with Crippen LogP contribution in [0, 0.1) is 10.1 Å². The minimum Gasteiger partial charge on any atom is -0.275 e. The van der Waals surface area contributed by atoms with Crippen molar-refractivity contribution >= 4 is 5.69 Å². The molecule has 0 saturated carbocycles. The Kier molecular flexibility index (Phi) is 2.82. The van der Waals surface area contributed by atoms with Crippen molar-refractivity contribution in [2.75, 3.05) is 6.54 Å². The first kappa shape index (κ1) is 9.01. The van der Waals surface area contributed by atoms with E-state index in [4.69, 9.17) is 5.53 Å². The average Bonchev–Trinajstić information content (AvgIpc) is 2.53. The summed E-state index contributed by atoms with van der Waals surface area (Å²) in [5, 5.41) is 19.6. The smallest absolute Gasteiger partial charge is 0.275 e. The molecule has 0 saturated heterocycles. The summed E-state index contributed by atoms with van der Waals surface area (Å²) in [6.45, 7) is 0.180. The highest BCUT2D eigenvalue weighted by molar-refractivity contribution is 5.31. The molecule has 1 aromatic heterocycles. The first-order valence-electron chi connectivity index (χ1n) is 3.43. The van der Waals surface area contributed by atoms with Crippen molar-refractivity contribution in [3.05, 3.63) is 32.4 Å². The lowest BCUT2D eigenvalue weighted by molar-refractivity contribution is -0.385. The summed E-state index contributed by atoms with van der Waals surface area (Å²) >= 11 is 0. The molecule has 0 atom stereocenters. The Labute approximate surface area is 72.3 Å². The summed E-state index contributed by atoms with van der Waals surface area (Å²) in [5.74, 6) is 0. The molecule has 1 rings (SSSR count). The van der Waals surface area contributed by atoms with E-state index in [1.807, 2.05) is 0 Å². The van der Waals surface area contributed by atoms with E-state index >= 15 is 0 Å². The van der Waals surface area contributed by atoms with Gasteiger partial charge in [0, 0.05) is 17.9 Å². The van der Waals surface area contributed by atoms with Crippen LogP contribution in [0.2, 0.25) is 0 Å². The van der Waals surface area contributed by atoms with Crippen molar-refractivity contribution in [2.24, 2.45) is 5.11 Å². The lowest BCUT2D eigenvalue weighted by Crippen LogP contribution is -1.95. The molecule has 0 unspecified atom stereocenters. The summed E-state index contributed by atoms with van der Waals surface area (Å²) < 4.78 is 0. The fourth-order valence-electron chi connectivity index (χ4n) is 0.854. The molecule has 0 aliphatic rings. The monoisotopic (exact) mass is 182 g/mol. The molecule has 8 heteroatoms. The summed E-state index contributed by atoms with van der Waals surface area (Å²) in [4.78, 5) is 12.4. The topological polar surface area (TPSA) is 121 Å². The zero-order valence-corrected chi connectivity index (χ0v) is 6.54. The van der Waals surface area contributed by atoms with Crippen molar-refractivity contribution in [2.45, 2.75) is 6.42 Å². The predicted molar refractivity (Wildman–Crippen MR) is 43.0 cm³/mol. The van der Waals surface area contributed by atoms with Gasteiger partial charge in [-0.3, -0.25) is 15.2 Å². The quantitative estimate of drug-likeness (QED) is 0.247. The van der Waals surface area contributed by atoms with Crippen molar-refractivity contribution < 1.29 is 4.92 Å². The van der Waals surface area contributed by atoms with E-state index in [1.54, 1.807) is 0 Å². The van der Waals surface area contributed by atoms with Crippen LogP contribution in [0.4, 0.5) is 5.69 Å². The van der Waals surface area contributed by atoms with E-state index in [-0.39, 0.29) is 12.2 Å². The van der Waals surface area contributed by atoms with Crippen LogP contribution in [0.15, 0.2) is 11.3 Å². The maximum absolute atomic E-state index is 10.4. The highest BCUT2D eigenvalue weighted by Crippen LogP contribution is 2.14. The average molecular weight is 182 g/mol. The van der Waals surface area contributed by atoms with Crippen LogP contribution < -0.4 is 0 Å². The second-order valence-corrected chi connectivity index (χ2v) is 2.20. The van der Waals surface area contributed by atoms with Crippen LogP contribution in [0.1, 0.15) is 5.69 Å². The minimum atomic E-state index is -0.533. The van der Waals surface area contributed by atoms with Crippen molar-refractivity contribution in [1.82, 2.24) is 10.2 Å². The van der Waals surface area contributed by atoms with Gasteiger partial charge < -0.3 is 0 Å². The predicted octanol–water partition coefficient (Wildman–Crippen LogP) is 1.17. The van der Waals surface area contributed by atoms with Gasteiger partial charge in [-0.15, -0.1) is 0 Å². The van der Waals surface area contributed by atoms with E-state index in [2.05, 4.69) is 20.2 Å².